The van der Waals surface area contributed by atoms with Crippen LogP contribution in [-0.4, -0.2) is 11.8 Å². The Morgan fingerprint density at radius 2 is 1.65 bits per heavy atom. The molecular formula is C12H14F3NO. The average molecular weight is 245 g/mol. The normalized spacial score (nSPS) is 12.6. The highest BCUT2D eigenvalue weighted by molar-refractivity contribution is 5.59. The number of nitrogens with zero attached hydrogens (tertiary/aromatic N) is 1. The van der Waals surface area contributed by atoms with Gasteiger partial charge in [-0.25, -0.2) is 0 Å². The minimum Gasteiger partial charge on any atom is -0.508 e. The molecule has 17 heavy (non-hydrogen) atoms. The van der Waals surface area contributed by atoms with Crippen LogP contribution >= 0.6 is 0 Å². The molecule has 0 amide bonds. The van der Waals surface area contributed by atoms with Crippen LogP contribution in [0.25, 0.3) is 0 Å². The van der Waals surface area contributed by atoms with E-state index in [1.165, 1.54) is 0 Å². The molecule has 0 aromatic heterocycles. The summed E-state index contributed by atoms with van der Waals surface area (Å²) in [5, 5.41) is 9.69. The van der Waals surface area contributed by atoms with Crippen LogP contribution in [0.4, 0.5) is 18.9 Å². The third-order valence-electron chi connectivity index (χ3n) is 2.40. The van der Waals surface area contributed by atoms with E-state index in [-0.39, 0.29) is 17.0 Å². The Labute approximate surface area is 97.8 Å². The number of benzene rings is 1. The fourth-order valence-electron chi connectivity index (χ4n) is 1.54. The summed E-state index contributed by atoms with van der Waals surface area (Å²) < 4.78 is 38.3. The number of hydrogen-bond donors (Lipinski definition) is 1. The van der Waals surface area contributed by atoms with Crippen LogP contribution in [0.2, 0.25) is 0 Å². The van der Waals surface area contributed by atoms with Crippen LogP contribution in [0.3, 0.4) is 0 Å². The largest absolute Gasteiger partial charge is 0.508 e. The van der Waals surface area contributed by atoms with E-state index in [1.807, 2.05) is 0 Å². The molecule has 1 N–H and O–H groups in total. The fraction of sp³-hybridized carbons (Fsp3) is 0.417. The first kappa shape index (κ1) is 13.5. The van der Waals surface area contributed by atoms with Crippen LogP contribution in [0.15, 0.2) is 17.1 Å². The Morgan fingerprint density at radius 1 is 1.12 bits per heavy atom. The summed E-state index contributed by atoms with van der Waals surface area (Å²) in [5.74, 6) is -0.201. The second-order valence-corrected chi connectivity index (χ2v) is 4.79. The molecule has 0 aliphatic rings. The second-order valence-electron chi connectivity index (χ2n) is 4.79. The number of halogens is 3. The number of alkyl halides is 3. The predicted molar refractivity (Wildman–Crippen MR) is 61.0 cm³/mol. The molecule has 0 saturated carbocycles. The minimum atomic E-state index is -4.51. The van der Waals surface area contributed by atoms with Crippen LogP contribution in [-0.2, 0) is 11.6 Å². The maximum Gasteiger partial charge on any atom is 0.418 e. The Bertz CT molecular complexity index is 444. The highest BCUT2D eigenvalue weighted by Crippen LogP contribution is 2.42. The van der Waals surface area contributed by atoms with Gasteiger partial charge < -0.3 is 5.11 Å². The first-order chi connectivity index (χ1) is 7.57. The van der Waals surface area contributed by atoms with Crippen LogP contribution in [0.5, 0.6) is 5.75 Å². The van der Waals surface area contributed by atoms with Crippen LogP contribution in [0.1, 0.15) is 31.9 Å². The lowest BCUT2D eigenvalue weighted by molar-refractivity contribution is -0.137. The zero-order valence-corrected chi connectivity index (χ0v) is 9.89. The molecule has 0 radical (unpaired) electrons. The van der Waals surface area contributed by atoms with E-state index < -0.39 is 17.2 Å². The molecule has 0 aliphatic carbocycles. The lowest BCUT2D eigenvalue weighted by atomic mass is 9.85. The van der Waals surface area contributed by atoms with Gasteiger partial charge in [0.2, 0.25) is 0 Å². The summed E-state index contributed by atoms with van der Waals surface area (Å²) >= 11 is 0. The van der Waals surface area contributed by atoms with Gasteiger partial charge in [-0.2, -0.15) is 13.2 Å². The summed E-state index contributed by atoms with van der Waals surface area (Å²) in [6, 6.07) is 1.93. The molecule has 1 aromatic rings. The average Bonchev–Trinajstić information content (AvgIpc) is 2.13. The lowest BCUT2D eigenvalue weighted by Crippen LogP contribution is -2.14. The summed E-state index contributed by atoms with van der Waals surface area (Å²) in [6.45, 7) is 8.25. The molecule has 0 unspecified atom stereocenters. The Balaban J connectivity index is 3.55. The fourth-order valence-corrected chi connectivity index (χ4v) is 1.54. The lowest BCUT2D eigenvalue weighted by Gasteiger charge is -2.22. The standard InChI is InChI=1S/C12H14F3NO/c1-11(2,3)8-5-7(12(13,14)15)9(16-4)6-10(8)17/h5-6,17H,4H2,1-3H3. The van der Waals surface area contributed by atoms with Gasteiger partial charge in [-0.1, -0.05) is 20.8 Å². The van der Waals surface area contributed by atoms with Gasteiger partial charge in [0.25, 0.3) is 0 Å². The smallest absolute Gasteiger partial charge is 0.418 e. The molecule has 1 rings (SSSR count). The zero-order valence-electron chi connectivity index (χ0n) is 9.89. The number of aliphatic imine (C=N–C) groups is 1. The van der Waals surface area contributed by atoms with Crippen molar-refractivity contribution in [3.05, 3.63) is 23.3 Å². The molecule has 1 aromatic carbocycles. The van der Waals surface area contributed by atoms with Crippen LogP contribution < -0.4 is 0 Å². The summed E-state index contributed by atoms with van der Waals surface area (Å²) in [5.41, 5.74) is -1.58. The van der Waals surface area contributed by atoms with Crippen molar-refractivity contribution in [2.24, 2.45) is 4.99 Å². The SMILES string of the molecule is C=Nc1cc(O)c(C(C)(C)C)cc1C(F)(F)F. The molecule has 0 atom stereocenters. The number of phenolic OH excluding ortho intramolecular Hbond substituents is 1. The van der Waals surface area contributed by atoms with Gasteiger partial charge in [0, 0.05) is 6.07 Å². The molecular weight excluding hydrogens is 231 g/mol. The third-order valence-corrected chi connectivity index (χ3v) is 2.40. The number of rotatable bonds is 1. The topological polar surface area (TPSA) is 32.6 Å². The van der Waals surface area contributed by atoms with E-state index in [0.29, 0.717) is 0 Å². The van der Waals surface area contributed by atoms with Crippen molar-refractivity contribution < 1.29 is 18.3 Å². The van der Waals surface area contributed by atoms with Gasteiger partial charge in [0.15, 0.2) is 0 Å². The van der Waals surface area contributed by atoms with Crippen molar-refractivity contribution in [3.8, 4) is 5.75 Å². The molecule has 0 heterocycles. The van der Waals surface area contributed by atoms with Crippen molar-refractivity contribution in [1.29, 1.82) is 0 Å². The zero-order chi connectivity index (χ0) is 13.4. The van der Waals surface area contributed by atoms with E-state index in [4.69, 9.17) is 0 Å². The second kappa shape index (κ2) is 4.05. The maximum atomic E-state index is 12.8. The third kappa shape index (κ3) is 2.78. The Kier molecular flexibility index (Phi) is 3.23. The highest BCUT2D eigenvalue weighted by atomic mass is 19.4. The Hall–Kier alpha value is -1.52. The quantitative estimate of drug-likeness (QED) is 0.744. The van der Waals surface area contributed by atoms with Crippen molar-refractivity contribution in [3.63, 3.8) is 0 Å². The van der Waals surface area contributed by atoms with Gasteiger partial charge in [0.05, 0.1) is 11.3 Å². The molecule has 0 fully saturated rings. The van der Waals surface area contributed by atoms with Gasteiger partial charge in [-0.05, 0) is 23.8 Å². The first-order valence-electron chi connectivity index (χ1n) is 4.99. The number of phenols is 1. The van der Waals surface area contributed by atoms with E-state index in [9.17, 15) is 18.3 Å². The van der Waals surface area contributed by atoms with Crippen molar-refractivity contribution in [2.75, 3.05) is 0 Å². The van der Waals surface area contributed by atoms with Crippen LogP contribution in [0, 0.1) is 0 Å². The van der Waals surface area contributed by atoms with E-state index >= 15 is 0 Å². The van der Waals surface area contributed by atoms with Gasteiger partial charge >= 0.3 is 6.18 Å². The first-order valence-corrected chi connectivity index (χ1v) is 4.99. The molecule has 0 saturated heterocycles. The van der Waals surface area contributed by atoms with Crippen molar-refractivity contribution in [1.82, 2.24) is 0 Å². The highest BCUT2D eigenvalue weighted by Gasteiger charge is 2.35. The van der Waals surface area contributed by atoms with E-state index in [0.717, 1.165) is 12.1 Å². The van der Waals surface area contributed by atoms with Crippen molar-refractivity contribution in [2.45, 2.75) is 32.4 Å². The summed E-state index contributed by atoms with van der Waals surface area (Å²) in [4.78, 5) is 3.29. The predicted octanol–water partition coefficient (Wildman–Crippen LogP) is 4.04. The number of hydrogen-bond acceptors (Lipinski definition) is 2. The molecule has 0 spiro atoms. The Morgan fingerprint density at radius 3 is 2.00 bits per heavy atom. The molecule has 94 valence electrons. The maximum absolute atomic E-state index is 12.8. The molecule has 5 heteroatoms. The summed E-state index contributed by atoms with van der Waals surface area (Å²) in [7, 11) is 0. The molecule has 0 aliphatic heterocycles. The van der Waals surface area contributed by atoms with Gasteiger partial charge in [-0.3, -0.25) is 4.99 Å². The monoisotopic (exact) mass is 245 g/mol. The number of aromatic hydroxyl groups is 1. The summed E-state index contributed by atoms with van der Waals surface area (Å²) in [6.07, 6.45) is -4.51. The van der Waals surface area contributed by atoms with Crippen molar-refractivity contribution >= 4 is 12.4 Å². The molecule has 2 nitrogen and oxygen atoms in total. The van der Waals surface area contributed by atoms with E-state index in [2.05, 4.69) is 11.7 Å². The minimum absolute atomic E-state index is 0.201. The van der Waals surface area contributed by atoms with Gasteiger partial charge in [-0.15, -0.1) is 0 Å². The molecule has 0 bridgehead atoms. The van der Waals surface area contributed by atoms with Gasteiger partial charge in [0.1, 0.15) is 5.75 Å². The van der Waals surface area contributed by atoms with E-state index in [1.54, 1.807) is 20.8 Å².